The molecule has 0 aromatic heterocycles. The van der Waals surface area contributed by atoms with Crippen molar-refractivity contribution >= 4 is 7.28 Å². The molecular weight excluding hydrogens is 179 g/mol. The maximum Gasteiger partial charge on any atom is 0.121 e. The first-order valence-electron chi connectivity index (χ1n) is 5.34. The highest BCUT2D eigenvalue weighted by Crippen LogP contribution is 2.02. The summed E-state index contributed by atoms with van der Waals surface area (Å²) in [6.07, 6.45) is 2.10. The Kier molecular flexibility index (Phi) is 3.61. The van der Waals surface area contributed by atoms with Gasteiger partial charge in [-0.3, -0.25) is 0 Å². The van der Waals surface area contributed by atoms with Crippen LogP contribution in [0.2, 0.25) is 0 Å². The zero-order valence-electron chi connectivity index (χ0n) is 8.77. The van der Waals surface area contributed by atoms with E-state index in [-0.39, 0.29) is 0 Å². The van der Waals surface area contributed by atoms with E-state index in [9.17, 15) is 0 Å². The molecule has 0 heterocycles. The van der Waals surface area contributed by atoms with E-state index in [4.69, 9.17) is 0 Å². The summed E-state index contributed by atoms with van der Waals surface area (Å²) in [7, 11) is 2.32. The second kappa shape index (κ2) is 5.40. The maximum atomic E-state index is 2.32. The summed E-state index contributed by atoms with van der Waals surface area (Å²) in [5, 5.41) is 0. The second-order valence-electron chi connectivity index (χ2n) is 3.67. The molecule has 2 aromatic carbocycles. The van der Waals surface area contributed by atoms with Crippen molar-refractivity contribution in [2.75, 3.05) is 0 Å². The molecule has 2 aromatic rings. The number of hydrogen-bond acceptors (Lipinski definition) is 0. The van der Waals surface area contributed by atoms with E-state index < -0.39 is 0 Å². The molecule has 0 aliphatic rings. The Morgan fingerprint density at radius 2 is 1.00 bits per heavy atom. The van der Waals surface area contributed by atoms with E-state index in [1.54, 1.807) is 0 Å². The first kappa shape index (κ1) is 10.0. The molecule has 0 saturated carbocycles. The third kappa shape index (κ3) is 3.28. The van der Waals surface area contributed by atoms with Gasteiger partial charge in [-0.15, -0.1) is 0 Å². The van der Waals surface area contributed by atoms with E-state index in [1.807, 2.05) is 0 Å². The van der Waals surface area contributed by atoms with E-state index in [0.29, 0.717) is 0 Å². The van der Waals surface area contributed by atoms with Gasteiger partial charge in [-0.2, -0.15) is 0 Å². The van der Waals surface area contributed by atoms with Crippen molar-refractivity contribution in [1.29, 1.82) is 0 Å². The average Bonchev–Trinajstić information content (AvgIpc) is 2.32. The van der Waals surface area contributed by atoms with Crippen LogP contribution >= 0.6 is 0 Å². The predicted molar refractivity (Wildman–Crippen MR) is 66.0 cm³/mol. The van der Waals surface area contributed by atoms with Crippen LogP contribution in [0.4, 0.5) is 0 Å². The third-order valence-corrected chi connectivity index (χ3v) is 2.45. The lowest BCUT2D eigenvalue weighted by atomic mass is 9.67. The lowest BCUT2D eigenvalue weighted by molar-refractivity contribution is 1.30. The van der Waals surface area contributed by atoms with Gasteiger partial charge in [-0.05, 0) is 0 Å². The summed E-state index contributed by atoms with van der Waals surface area (Å²) in [5.74, 6) is 0. The Balaban J connectivity index is 1.81. The van der Waals surface area contributed by atoms with Gasteiger partial charge in [0, 0.05) is 0 Å². The highest BCUT2D eigenvalue weighted by Gasteiger charge is 1.95. The van der Waals surface area contributed by atoms with Crippen LogP contribution in [0, 0.1) is 0 Å². The van der Waals surface area contributed by atoms with Gasteiger partial charge in [0.15, 0.2) is 0 Å². The van der Waals surface area contributed by atoms with Gasteiger partial charge in [0.05, 0.1) is 0 Å². The van der Waals surface area contributed by atoms with Gasteiger partial charge in [0.25, 0.3) is 0 Å². The van der Waals surface area contributed by atoms with Crippen LogP contribution in [-0.2, 0) is 12.6 Å². The molecule has 0 unspecified atom stereocenters. The molecule has 73 valence electrons. The minimum absolute atomic E-state index is 1.05. The lowest BCUT2D eigenvalue weighted by Gasteiger charge is -2.00. The fourth-order valence-electron chi connectivity index (χ4n) is 1.63. The molecule has 1 heteroatoms. The summed E-state index contributed by atoms with van der Waals surface area (Å²) in [6, 6.07) is 21.1. The van der Waals surface area contributed by atoms with Crippen molar-refractivity contribution < 1.29 is 0 Å². The van der Waals surface area contributed by atoms with E-state index >= 15 is 0 Å². The molecule has 0 aliphatic carbocycles. The maximum absolute atomic E-state index is 2.32. The number of hydrogen-bond donors (Lipinski definition) is 0. The van der Waals surface area contributed by atoms with Gasteiger partial charge >= 0.3 is 0 Å². The van der Waals surface area contributed by atoms with Crippen LogP contribution in [0.3, 0.4) is 0 Å². The molecule has 15 heavy (non-hydrogen) atoms. The van der Waals surface area contributed by atoms with Crippen LogP contribution in [0.25, 0.3) is 0 Å². The smallest absolute Gasteiger partial charge is 0.0622 e. The molecule has 0 fully saturated rings. The molecule has 0 saturated heterocycles. The van der Waals surface area contributed by atoms with Gasteiger partial charge in [-0.1, -0.05) is 84.4 Å². The zero-order valence-corrected chi connectivity index (χ0v) is 8.77. The van der Waals surface area contributed by atoms with E-state index in [1.165, 1.54) is 11.1 Å². The van der Waals surface area contributed by atoms with Crippen LogP contribution < -0.4 is 0 Å². The molecule has 0 amide bonds. The van der Waals surface area contributed by atoms with Gasteiger partial charge in [0.1, 0.15) is 7.28 Å². The highest BCUT2D eigenvalue weighted by molar-refractivity contribution is 6.34. The van der Waals surface area contributed by atoms with Gasteiger partial charge < -0.3 is 0 Å². The lowest BCUT2D eigenvalue weighted by Crippen LogP contribution is -2.01. The molecule has 0 spiro atoms. The summed E-state index contributed by atoms with van der Waals surface area (Å²) in [6.45, 7) is 0. The van der Waals surface area contributed by atoms with Crippen molar-refractivity contribution in [2.24, 2.45) is 0 Å². The van der Waals surface area contributed by atoms with Crippen molar-refractivity contribution in [3.05, 3.63) is 71.8 Å². The SMILES string of the molecule is [B](Cc1ccccc1)Cc1ccccc1. The first-order valence-corrected chi connectivity index (χ1v) is 5.34. The molecule has 0 N–H and O–H groups in total. The largest absolute Gasteiger partial charge is 0.121 e. The standard InChI is InChI=1S/C14H14B/c1-3-7-13(8-4-1)11-15-12-14-9-5-2-6-10-14/h1-10H,11-12H2. The molecule has 0 nitrogen and oxygen atoms in total. The van der Waals surface area contributed by atoms with Crippen molar-refractivity contribution in [3.63, 3.8) is 0 Å². The number of benzene rings is 2. The molecule has 2 rings (SSSR count). The summed E-state index contributed by atoms with van der Waals surface area (Å²) in [4.78, 5) is 0. The minimum Gasteiger partial charge on any atom is -0.0622 e. The summed E-state index contributed by atoms with van der Waals surface area (Å²) >= 11 is 0. The zero-order chi connectivity index (χ0) is 10.3. The quantitative estimate of drug-likeness (QED) is 0.654. The Hall–Kier alpha value is -1.50. The van der Waals surface area contributed by atoms with Gasteiger partial charge in [0.2, 0.25) is 0 Å². The molecule has 0 aliphatic heterocycles. The fraction of sp³-hybridized carbons (Fsp3) is 0.143. The summed E-state index contributed by atoms with van der Waals surface area (Å²) < 4.78 is 0. The summed E-state index contributed by atoms with van der Waals surface area (Å²) in [5.41, 5.74) is 2.77. The van der Waals surface area contributed by atoms with Gasteiger partial charge in [-0.25, -0.2) is 0 Å². The van der Waals surface area contributed by atoms with Crippen LogP contribution in [-0.4, -0.2) is 7.28 Å². The Morgan fingerprint density at radius 1 is 0.600 bits per heavy atom. The van der Waals surface area contributed by atoms with Crippen LogP contribution in [0.1, 0.15) is 11.1 Å². The normalized spacial score (nSPS) is 9.87. The Bertz CT molecular complexity index is 341. The Morgan fingerprint density at radius 3 is 1.40 bits per heavy atom. The second-order valence-corrected chi connectivity index (χ2v) is 3.67. The van der Waals surface area contributed by atoms with Crippen LogP contribution in [0.5, 0.6) is 0 Å². The predicted octanol–water partition coefficient (Wildman–Crippen LogP) is 3.09. The molecule has 0 atom stereocenters. The average molecular weight is 193 g/mol. The Labute approximate surface area is 92.2 Å². The van der Waals surface area contributed by atoms with E-state index in [0.717, 1.165) is 12.6 Å². The topological polar surface area (TPSA) is 0 Å². The fourth-order valence-corrected chi connectivity index (χ4v) is 1.63. The van der Waals surface area contributed by atoms with E-state index in [2.05, 4.69) is 67.9 Å². The first-order chi connectivity index (χ1) is 7.45. The van der Waals surface area contributed by atoms with Crippen molar-refractivity contribution in [1.82, 2.24) is 0 Å². The molecule has 0 bridgehead atoms. The highest BCUT2D eigenvalue weighted by atomic mass is 13.9. The third-order valence-electron chi connectivity index (χ3n) is 2.45. The molecule has 1 radical (unpaired) electrons. The monoisotopic (exact) mass is 193 g/mol. The van der Waals surface area contributed by atoms with Crippen molar-refractivity contribution in [3.8, 4) is 0 Å². The minimum atomic E-state index is 1.05. The van der Waals surface area contributed by atoms with Crippen molar-refractivity contribution in [2.45, 2.75) is 12.6 Å². The molecular formula is C14H14B. The van der Waals surface area contributed by atoms with Crippen LogP contribution in [0.15, 0.2) is 60.7 Å². The number of rotatable bonds is 4.